The number of nitrogens with zero attached hydrogens (tertiary/aromatic N) is 1. The van der Waals surface area contributed by atoms with E-state index in [-0.39, 0.29) is 27.6 Å². The van der Waals surface area contributed by atoms with Gasteiger partial charge in [0.05, 0.1) is 17.4 Å². The Morgan fingerprint density at radius 2 is 1.79 bits per heavy atom. The van der Waals surface area contributed by atoms with Crippen molar-refractivity contribution in [1.29, 1.82) is 0 Å². The summed E-state index contributed by atoms with van der Waals surface area (Å²) in [4.78, 5) is 9.97. The van der Waals surface area contributed by atoms with Gasteiger partial charge in [-0.15, -0.1) is 0 Å². The summed E-state index contributed by atoms with van der Waals surface area (Å²) < 4.78 is 0. The predicted octanol–water partition coefficient (Wildman–Crippen LogP) is -1.02. The Labute approximate surface area is 96.8 Å². The highest BCUT2D eigenvalue weighted by Crippen LogP contribution is 2.13. The minimum Gasteiger partial charge on any atom is -1.00 e. The lowest BCUT2D eigenvalue weighted by atomic mass is 10.2. The molecule has 0 fully saturated rings. The lowest BCUT2D eigenvalue weighted by Crippen LogP contribution is -3.00. The number of hydrogen-bond acceptors (Lipinski definition) is 2. The summed E-state index contributed by atoms with van der Waals surface area (Å²) in [5.74, 6) is 0.998. The van der Waals surface area contributed by atoms with Gasteiger partial charge >= 0.3 is 0 Å². The molecule has 0 unspecified atom stereocenters. The van der Waals surface area contributed by atoms with Crippen molar-refractivity contribution in [3.8, 4) is 0 Å². The quantitative estimate of drug-likeness (QED) is 0.403. The molecule has 0 atom stereocenters. The zero-order valence-corrected chi connectivity index (χ0v) is 10.5. The van der Waals surface area contributed by atoms with Crippen LogP contribution in [0.15, 0.2) is 24.3 Å². The summed E-state index contributed by atoms with van der Waals surface area (Å²) >= 11 is 0. The first-order chi connectivity index (χ1) is 6.09. The number of nitro groups is 1. The van der Waals surface area contributed by atoms with Gasteiger partial charge in [-0.3, -0.25) is 10.1 Å². The van der Waals surface area contributed by atoms with Crippen molar-refractivity contribution in [2.45, 2.75) is 5.75 Å². The van der Waals surface area contributed by atoms with E-state index in [2.05, 4.69) is 12.5 Å². The van der Waals surface area contributed by atoms with E-state index in [9.17, 15) is 10.1 Å². The van der Waals surface area contributed by atoms with Crippen molar-refractivity contribution < 1.29 is 21.9 Å². The van der Waals surface area contributed by atoms with Gasteiger partial charge in [-0.1, -0.05) is 0 Å². The van der Waals surface area contributed by atoms with Gasteiger partial charge in [0, 0.05) is 17.7 Å². The van der Waals surface area contributed by atoms with E-state index < -0.39 is 0 Å². The van der Waals surface area contributed by atoms with Crippen LogP contribution in [0.1, 0.15) is 5.56 Å². The lowest BCUT2D eigenvalue weighted by molar-refractivity contribution is -0.384. The van der Waals surface area contributed by atoms with E-state index >= 15 is 0 Å². The Hall–Kier alpha value is -0.550. The number of benzene rings is 1. The fourth-order valence-corrected chi connectivity index (χ4v) is 1.91. The first-order valence-electron chi connectivity index (χ1n) is 3.87. The first kappa shape index (κ1) is 13.4. The van der Waals surface area contributed by atoms with Crippen LogP contribution in [0, 0.1) is 10.1 Å². The molecular formula is C9H12BrNO2S. The number of hydrogen-bond donors (Lipinski definition) is 0. The van der Waals surface area contributed by atoms with Crippen LogP contribution in [0.3, 0.4) is 0 Å². The highest BCUT2D eigenvalue weighted by atomic mass is 79.9. The number of non-ortho nitro benzene ring substituents is 1. The van der Waals surface area contributed by atoms with Crippen LogP contribution in [0.25, 0.3) is 0 Å². The molecule has 1 aromatic rings. The third kappa shape index (κ3) is 4.11. The average Bonchev–Trinajstić information content (AvgIpc) is 2.04. The van der Waals surface area contributed by atoms with Crippen LogP contribution in [0.4, 0.5) is 5.69 Å². The van der Waals surface area contributed by atoms with E-state index in [1.54, 1.807) is 12.1 Å². The Kier molecular flexibility index (Phi) is 5.79. The predicted molar refractivity (Wildman–Crippen MR) is 56.0 cm³/mol. The second-order valence-electron chi connectivity index (χ2n) is 3.05. The molecule has 0 spiro atoms. The van der Waals surface area contributed by atoms with E-state index in [0.29, 0.717) is 10.9 Å². The molecular weight excluding hydrogens is 266 g/mol. The molecule has 1 aromatic carbocycles. The summed E-state index contributed by atoms with van der Waals surface area (Å²) in [5, 5.41) is 10.3. The van der Waals surface area contributed by atoms with Gasteiger partial charge in [0.2, 0.25) is 0 Å². The van der Waals surface area contributed by atoms with Gasteiger partial charge in [0.15, 0.2) is 0 Å². The molecule has 0 saturated heterocycles. The molecule has 0 aliphatic rings. The van der Waals surface area contributed by atoms with Crippen LogP contribution in [-0.2, 0) is 16.6 Å². The van der Waals surface area contributed by atoms with Crippen molar-refractivity contribution in [2.75, 3.05) is 12.5 Å². The number of nitro benzene ring substituents is 1. The largest absolute Gasteiger partial charge is 1.00 e. The van der Waals surface area contributed by atoms with E-state index in [1.807, 2.05) is 12.1 Å². The summed E-state index contributed by atoms with van der Waals surface area (Å²) in [6.07, 6.45) is 4.31. The van der Waals surface area contributed by atoms with Crippen LogP contribution in [0.5, 0.6) is 0 Å². The van der Waals surface area contributed by atoms with Gasteiger partial charge in [-0.2, -0.15) is 0 Å². The molecule has 14 heavy (non-hydrogen) atoms. The van der Waals surface area contributed by atoms with Crippen LogP contribution in [-0.4, -0.2) is 17.4 Å². The maximum atomic E-state index is 10.3. The van der Waals surface area contributed by atoms with Gasteiger partial charge < -0.3 is 17.0 Å². The SMILES string of the molecule is C[S+](C)Cc1ccc([N+](=O)[O-])cc1.[Br-]. The lowest BCUT2D eigenvalue weighted by Gasteiger charge is -1.97. The molecule has 1 rings (SSSR count). The van der Waals surface area contributed by atoms with Crippen molar-refractivity contribution >= 4 is 16.6 Å². The molecule has 0 aliphatic carbocycles. The highest BCUT2D eigenvalue weighted by molar-refractivity contribution is 7.94. The molecule has 0 aromatic heterocycles. The molecule has 0 aliphatic heterocycles. The summed E-state index contributed by atoms with van der Waals surface area (Å²) in [6.45, 7) is 0. The van der Waals surface area contributed by atoms with Crippen molar-refractivity contribution in [3.63, 3.8) is 0 Å². The van der Waals surface area contributed by atoms with Gasteiger partial charge in [0.1, 0.15) is 5.75 Å². The molecule has 78 valence electrons. The van der Waals surface area contributed by atoms with Gasteiger partial charge in [0.25, 0.3) is 5.69 Å². The summed E-state index contributed by atoms with van der Waals surface area (Å²) in [5.41, 5.74) is 1.33. The second kappa shape index (κ2) is 6.03. The zero-order valence-electron chi connectivity index (χ0n) is 8.07. The van der Waals surface area contributed by atoms with Crippen molar-refractivity contribution in [2.24, 2.45) is 0 Å². The zero-order chi connectivity index (χ0) is 9.84. The fourth-order valence-electron chi connectivity index (χ4n) is 1.05. The normalized spacial score (nSPS) is 9.64. The van der Waals surface area contributed by atoms with E-state index in [1.165, 1.54) is 5.56 Å². The fraction of sp³-hybridized carbons (Fsp3) is 0.333. The van der Waals surface area contributed by atoms with Gasteiger partial charge in [-0.25, -0.2) is 0 Å². The maximum absolute atomic E-state index is 10.3. The molecule has 0 N–H and O–H groups in total. The maximum Gasteiger partial charge on any atom is 0.269 e. The Bertz CT molecular complexity index is 300. The average molecular weight is 278 g/mol. The van der Waals surface area contributed by atoms with Gasteiger partial charge in [-0.05, 0) is 23.0 Å². The molecule has 0 heterocycles. The molecule has 3 nitrogen and oxygen atoms in total. The topological polar surface area (TPSA) is 43.1 Å². The van der Waals surface area contributed by atoms with Crippen molar-refractivity contribution in [3.05, 3.63) is 39.9 Å². The Morgan fingerprint density at radius 1 is 1.29 bits per heavy atom. The second-order valence-corrected chi connectivity index (χ2v) is 5.31. The molecule has 0 radical (unpaired) electrons. The van der Waals surface area contributed by atoms with E-state index in [4.69, 9.17) is 0 Å². The number of halogens is 1. The van der Waals surface area contributed by atoms with Crippen LogP contribution >= 0.6 is 0 Å². The highest BCUT2D eigenvalue weighted by Gasteiger charge is 2.07. The first-order valence-corrected chi connectivity index (χ1v) is 6.08. The van der Waals surface area contributed by atoms with E-state index in [0.717, 1.165) is 5.75 Å². The number of rotatable bonds is 3. The third-order valence-electron chi connectivity index (χ3n) is 1.60. The van der Waals surface area contributed by atoms with Crippen LogP contribution < -0.4 is 17.0 Å². The Balaban J connectivity index is 0.00000169. The molecule has 0 saturated carbocycles. The molecule has 0 amide bonds. The summed E-state index contributed by atoms with van der Waals surface area (Å²) in [6, 6.07) is 6.76. The smallest absolute Gasteiger partial charge is 0.269 e. The Morgan fingerprint density at radius 3 is 2.14 bits per heavy atom. The minimum absolute atomic E-state index is 0. The summed E-state index contributed by atoms with van der Waals surface area (Å²) in [7, 11) is 0.346. The standard InChI is InChI=1S/C9H12NO2S.BrH/c1-13(2)7-8-3-5-9(6-4-8)10(11)12;/h3-6H,7H2,1-2H3;1H/q+1;/p-1. The minimum atomic E-state index is -0.374. The third-order valence-corrected chi connectivity index (χ3v) is 2.51. The van der Waals surface area contributed by atoms with Crippen LogP contribution in [0.2, 0.25) is 0 Å². The molecule has 5 heteroatoms. The molecule has 0 bridgehead atoms. The monoisotopic (exact) mass is 277 g/mol. The van der Waals surface area contributed by atoms with Crippen molar-refractivity contribution in [1.82, 2.24) is 0 Å².